The number of halogens is 1. The molecule has 1 aromatic carbocycles. The first-order valence-corrected chi connectivity index (χ1v) is 9.33. The SMILES string of the molecule is CCNc1nc(Nc2cccc3c2cnn3S(C)(=O)=O)ncc1Cl. The highest BCUT2D eigenvalue weighted by molar-refractivity contribution is 7.89. The van der Waals surface area contributed by atoms with E-state index >= 15 is 0 Å². The molecule has 0 spiro atoms. The molecule has 0 aliphatic carbocycles. The van der Waals surface area contributed by atoms with E-state index in [2.05, 4.69) is 25.7 Å². The fourth-order valence-electron chi connectivity index (χ4n) is 2.24. The van der Waals surface area contributed by atoms with Crippen LogP contribution in [0.4, 0.5) is 17.5 Å². The van der Waals surface area contributed by atoms with E-state index in [9.17, 15) is 8.42 Å². The Kier molecular flexibility index (Phi) is 4.29. The Labute approximate surface area is 143 Å². The van der Waals surface area contributed by atoms with E-state index in [-0.39, 0.29) is 0 Å². The summed E-state index contributed by atoms with van der Waals surface area (Å²) < 4.78 is 24.5. The Balaban J connectivity index is 2.02. The van der Waals surface area contributed by atoms with Gasteiger partial charge in [0.1, 0.15) is 10.8 Å². The molecule has 0 aliphatic rings. The van der Waals surface area contributed by atoms with Crippen molar-refractivity contribution in [3.63, 3.8) is 0 Å². The lowest BCUT2D eigenvalue weighted by atomic mass is 10.2. The highest BCUT2D eigenvalue weighted by Gasteiger charge is 2.14. The molecule has 0 fully saturated rings. The lowest BCUT2D eigenvalue weighted by Gasteiger charge is -2.09. The summed E-state index contributed by atoms with van der Waals surface area (Å²) in [5.74, 6) is 0.866. The zero-order chi connectivity index (χ0) is 17.3. The van der Waals surface area contributed by atoms with Gasteiger partial charge >= 0.3 is 0 Å². The van der Waals surface area contributed by atoms with Gasteiger partial charge in [-0.3, -0.25) is 0 Å². The lowest BCUT2D eigenvalue weighted by molar-refractivity contribution is 0.588. The molecule has 24 heavy (non-hydrogen) atoms. The average Bonchev–Trinajstić information content (AvgIpc) is 2.96. The molecule has 0 radical (unpaired) electrons. The Morgan fingerprint density at radius 3 is 2.79 bits per heavy atom. The molecule has 0 saturated heterocycles. The van der Waals surface area contributed by atoms with Crippen LogP contribution < -0.4 is 10.6 Å². The van der Waals surface area contributed by atoms with Crippen molar-refractivity contribution in [2.45, 2.75) is 6.92 Å². The van der Waals surface area contributed by atoms with Crippen molar-refractivity contribution in [3.8, 4) is 0 Å². The van der Waals surface area contributed by atoms with Gasteiger partial charge in [0.15, 0.2) is 0 Å². The summed E-state index contributed by atoms with van der Waals surface area (Å²) in [6.07, 6.45) is 4.08. The molecule has 126 valence electrons. The molecular weight excluding hydrogens is 352 g/mol. The molecule has 0 amide bonds. The Morgan fingerprint density at radius 2 is 2.08 bits per heavy atom. The van der Waals surface area contributed by atoms with Crippen molar-refractivity contribution < 1.29 is 8.42 Å². The zero-order valence-corrected chi connectivity index (χ0v) is 14.6. The summed E-state index contributed by atoms with van der Waals surface area (Å²) in [4.78, 5) is 8.45. The van der Waals surface area contributed by atoms with E-state index in [1.54, 1.807) is 18.2 Å². The first-order valence-electron chi connectivity index (χ1n) is 7.11. The van der Waals surface area contributed by atoms with Crippen LogP contribution in [0.1, 0.15) is 6.92 Å². The predicted octanol–water partition coefficient (Wildman–Crippen LogP) is 2.46. The summed E-state index contributed by atoms with van der Waals surface area (Å²) in [5.41, 5.74) is 1.12. The van der Waals surface area contributed by atoms with E-state index in [1.165, 1.54) is 12.4 Å². The third kappa shape index (κ3) is 3.13. The molecule has 0 aliphatic heterocycles. The number of hydrogen-bond donors (Lipinski definition) is 2. The van der Waals surface area contributed by atoms with Crippen molar-refractivity contribution >= 4 is 50.0 Å². The summed E-state index contributed by atoms with van der Waals surface area (Å²) in [6.45, 7) is 2.61. The normalized spacial score (nSPS) is 11.6. The molecule has 8 nitrogen and oxygen atoms in total. The average molecular weight is 367 g/mol. The van der Waals surface area contributed by atoms with Crippen LogP contribution in [0.25, 0.3) is 10.9 Å². The van der Waals surface area contributed by atoms with Gasteiger partial charge in [-0.15, -0.1) is 0 Å². The lowest BCUT2D eigenvalue weighted by Crippen LogP contribution is -2.11. The molecule has 3 aromatic rings. The summed E-state index contributed by atoms with van der Waals surface area (Å²) >= 11 is 6.03. The Bertz CT molecular complexity index is 1000. The number of fused-ring (bicyclic) bond motifs is 1. The van der Waals surface area contributed by atoms with Crippen LogP contribution in [-0.2, 0) is 10.0 Å². The first kappa shape index (κ1) is 16.5. The second-order valence-electron chi connectivity index (χ2n) is 5.03. The highest BCUT2D eigenvalue weighted by atomic mass is 35.5. The minimum absolute atomic E-state index is 0.343. The topological polar surface area (TPSA) is 102 Å². The van der Waals surface area contributed by atoms with Gasteiger partial charge in [-0.05, 0) is 19.1 Å². The van der Waals surface area contributed by atoms with Crippen LogP contribution in [0.5, 0.6) is 0 Å². The van der Waals surface area contributed by atoms with Crippen LogP contribution in [0.2, 0.25) is 5.02 Å². The van der Waals surface area contributed by atoms with E-state index in [0.29, 0.717) is 39.9 Å². The quantitative estimate of drug-likeness (QED) is 0.715. The first-order chi connectivity index (χ1) is 11.4. The van der Waals surface area contributed by atoms with E-state index < -0.39 is 10.0 Å². The zero-order valence-electron chi connectivity index (χ0n) is 13.0. The third-order valence-electron chi connectivity index (χ3n) is 3.23. The Morgan fingerprint density at radius 1 is 1.29 bits per heavy atom. The molecule has 2 aromatic heterocycles. The summed E-state index contributed by atoms with van der Waals surface area (Å²) in [6, 6.07) is 5.21. The molecule has 10 heteroatoms. The molecule has 0 atom stereocenters. The van der Waals surface area contributed by atoms with Gasteiger partial charge in [-0.1, -0.05) is 17.7 Å². The van der Waals surface area contributed by atoms with Crippen molar-refractivity contribution in [2.75, 3.05) is 23.4 Å². The third-order valence-corrected chi connectivity index (χ3v) is 4.43. The number of hydrogen-bond acceptors (Lipinski definition) is 7. The van der Waals surface area contributed by atoms with Crippen molar-refractivity contribution in [1.82, 2.24) is 19.2 Å². The van der Waals surface area contributed by atoms with Crippen LogP contribution in [0, 0.1) is 0 Å². The van der Waals surface area contributed by atoms with Crippen LogP contribution in [-0.4, -0.2) is 40.4 Å². The van der Waals surface area contributed by atoms with Crippen LogP contribution in [0.3, 0.4) is 0 Å². The van der Waals surface area contributed by atoms with E-state index in [4.69, 9.17) is 11.6 Å². The van der Waals surface area contributed by atoms with Gasteiger partial charge in [0.05, 0.1) is 29.9 Å². The van der Waals surface area contributed by atoms with Crippen molar-refractivity contribution in [2.24, 2.45) is 0 Å². The molecule has 0 bridgehead atoms. The van der Waals surface area contributed by atoms with Gasteiger partial charge in [0, 0.05) is 11.9 Å². The second kappa shape index (κ2) is 6.25. The molecule has 0 unspecified atom stereocenters. The smallest absolute Gasteiger partial charge is 0.251 e. The molecule has 0 saturated carbocycles. The van der Waals surface area contributed by atoms with Crippen LogP contribution in [0.15, 0.2) is 30.6 Å². The fourth-order valence-corrected chi connectivity index (χ4v) is 3.13. The van der Waals surface area contributed by atoms with Crippen LogP contribution >= 0.6 is 11.6 Å². The number of anilines is 3. The molecule has 3 rings (SSSR count). The second-order valence-corrected chi connectivity index (χ2v) is 7.25. The number of aromatic nitrogens is 4. The maximum Gasteiger partial charge on any atom is 0.251 e. The highest BCUT2D eigenvalue weighted by Crippen LogP contribution is 2.27. The van der Waals surface area contributed by atoms with E-state index in [1.807, 2.05) is 6.92 Å². The largest absolute Gasteiger partial charge is 0.369 e. The number of benzene rings is 1. The molecule has 2 N–H and O–H groups in total. The number of rotatable bonds is 5. The van der Waals surface area contributed by atoms with Gasteiger partial charge in [0.2, 0.25) is 5.95 Å². The van der Waals surface area contributed by atoms with Gasteiger partial charge in [0.25, 0.3) is 10.0 Å². The molecule has 2 heterocycles. The number of nitrogens with zero attached hydrogens (tertiary/aromatic N) is 4. The van der Waals surface area contributed by atoms with Gasteiger partial charge in [-0.25, -0.2) is 13.4 Å². The predicted molar refractivity (Wildman–Crippen MR) is 94.5 cm³/mol. The van der Waals surface area contributed by atoms with Gasteiger partial charge < -0.3 is 10.6 Å². The minimum atomic E-state index is -3.48. The summed E-state index contributed by atoms with van der Waals surface area (Å²) in [7, 11) is -3.48. The fraction of sp³-hybridized carbons (Fsp3) is 0.214. The maximum absolute atomic E-state index is 11.8. The van der Waals surface area contributed by atoms with Gasteiger partial charge in [-0.2, -0.15) is 14.2 Å². The monoisotopic (exact) mass is 366 g/mol. The standard InChI is InChI=1S/C14H15ClN6O2S/c1-3-16-13-10(15)8-17-14(20-13)19-11-5-4-6-12-9(11)7-18-21(12)24(2,22)23/h4-8H,3H2,1-2H3,(H2,16,17,19,20). The Hall–Kier alpha value is -2.39. The maximum atomic E-state index is 11.8. The molecular formula is C14H15ClN6O2S. The summed E-state index contributed by atoms with van der Waals surface area (Å²) in [5, 5.41) is 11.1. The minimum Gasteiger partial charge on any atom is -0.369 e. The van der Waals surface area contributed by atoms with Crippen molar-refractivity contribution in [3.05, 3.63) is 35.6 Å². The van der Waals surface area contributed by atoms with Crippen molar-refractivity contribution in [1.29, 1.82) is 0 Å². The van der Waals surface area contributed by atoms with E-state index in [0.717, 1.165) is 10.3 Å². The number of nitrogens with one attached hydrogen (secondary N) is 2.